The van der Waals surface area contributed by atoms with Crippen molar-refractivity contribution in [3.8, 4) is 0 Å². The molecule has 5 heteroatoms. The lowest BCUT2D eigenvalue weighted by Gasteiger charge is -2.31. The van der Waals surface area contributed by atoms with Crippen LogP contribution in [0.2, 0.25) is 0 Å². The molecule has 1 aliphatic heterocycles. The van der Waals surface area contributed by atoms with E-state index in [1.54, 1.807) is 12.3 Å². The van der Waals surface area contributed by atoms with Crippen molar-refractivity contribution in [3.05, 3.63) is 12.3 Å². The Bertz CT molecular complexity index is 355. The first-order chi connectivity index (χ1) is 7.16. The Balaban J connectivity index is 2.21. The van der Waals surface area contributed by atoms with Gasteiger partial charge < -0.3 is 21.5 Å². The van der Waals surface area contributed by atoms with Gasteiger partial charge in [0.05, 0.1) is 23.7 Å². The van der Waals surface area contributed by atoms with Gasteiger partial charge in [-0.1, -0.05) is 0 Å². The van der Waals surface area contributed by atoms with Crippen molar-refractivity contribution in [2.75, 3.05) is 29.5 Å². The Morgan fingerprint density at radius 1 is 1.47 bits per heavy atom. The maximum Gasteiger partial charge on any atom is 0.152 e. The molecule has 5 N–H and O–H groups in total. The molecule has 2 rings (SSSR count). The van der Waals surface area contributed by atoms with E-state index in [4.69, 9.17) is 11.5 Å². The first-order valence-corrected chi connectivity index (χ1v) is 5.11. The maximum atomic E-state index is 9.55. The summed E-state index contributed by atoms with van der Waals surface area (Å²) in [7, 11) is 0. The molecular weight excluding hydrogens is 192 g/mol. The largest absolute Gasteiger partial charge is 0.397 e. The number of nitrogens with two attached hydrogens (primary N) is 2. The van der Waals surface area contributed by atoms with Gasteiger partial charge in [0.1, 0.15) is 0 Å². The van der Waals surface area contributed by atoms with Crippen molar-refractivity contribution >= 4 is 17.2 Å². The van der Waals surface area contributed by atoms with Crippen LogP contribution in [-0.2, 0) is 0 Å². The third-order valence-electron chi connectivity index (χ3n) is 2.61. The highest BCUT2D eigenvalue weighted by molar-refractivity contribution is 5.67. The molecule has 0 amide bonds. The second-order valence-corrected chi connectivity index (χ2v) is 3.92. The quantitative estimate of drug-likeness (QED) is 0.614. The standard InChI is InChI=1S/C10H16N4O/c11-7-4-9(12)10(13-5-7)14-3-1-2-8(15)6-14/h4-5,8,15H,1-3,6,11-12H2. The van der Waals surface area contributed by atoms with Crippen LogP contribution in [0.3, 0.4) is 0 Å². The molecule has 1 aromatic heterocycles. The molecule has 15 heavy (non-hydrogen) atoms. The van der Waals surface area contributed by atoms with Crippen LogP contribution in [0.5, 0.6) is 0 Å². The molecule has 1 atom stereocenters. The Kier molecular flexibility index (Phi) is 2.64. The summed E-state index contributed by atoms with van der Waals surface area (Å²) >= 11 is 0. The van der Waals surface area contributed by atoms with Crippen LogP contribution >= 0.6 is 0 Å². The number of nitrogen functional groups attached to an aromatic ring is 2. The number of aliphatic hydroxyl groups excluding tert-OH is 1. The van der Waals surface area contributed by atoms with Crippen LogP contribution in [0.25, 0.3) is 0 Å². The number of pyridine rings is 1. The lowest BCUT2D eigenvalue weighted by atomic mass is 10.1. The normalized spacial score (nSPS) is 21.7. The number of rotatable bonds is 1. The van der Waals surface area contributed by atoms with Crippen molar-refractivity contribution in [2.24, 2.45) is 0 Å². The number of piperidine rings is 1. The van der Waals surface area contributed by atoms with Crippen molar-refractivity contribution in [1.29, 1.82) is 0 Å². The summed E-state index contributed by atoms with van der Waals surface area (Å²) < 4.78 is 0. The summed E-state index contributed by atoms with van der Waals surface area (Å²) in [6, 6.07) is 1.70. The van der Waals surface area contributed by atoms with Gasteiger partial charge in [-0.2, -0.15) is 0 Å². The van der Waals surface area contributed by atoms with Crippen LogP contribution < -0.4 is 16.4 Å². The zero-order valence-electron chi connectivity index (χ0n) is 8.56. The molecule has 0 radical (unpaired) electrons. The first kappa shape index (κ1) is 10.0. The first-order valence-electron chi connectivity index (χ1n) is 5.11. The van der Waals surface area contributed by atoms with Gasteiger partial charge in [0, 0.05) is 13.1 Å². The summed E-state index contributed by atoms with van der Waals surface area (Å²) in [5, 5.41) is 9.55. The van der Waals surface area contributed by atoms with Crippen molar-refractivity contribution < 1.29 is 5.11 Å². The average molecular weight is 208 g/mol. The molecular formula is C10H16N4O. The van der Waals surface area contributed by atoms with Crippen LogP contribution in [0.15, 0.2) is 12.3 Å². The van der Waals surface area contributed by atoms with Crippen LogP contribution in [-0.4, -0.2) is 29.3 Å². The number of anilines is 3. The molecule has 0 saturated carbocycles. The molecule has 1 fully saturated rings. The van der Waals surface area contributed by atoms with E-state index in [1.165, 1.54) is 0 Å². The van der Waals surface area contributed by atoms with Crippen LogP contribution in [0.1, 0.15) is 12.8 Å². The summed E-state index contributed by atoms with van der Waals surface area (Å²) in [5.74, 6) is 0.725. The van der Waals surface area contributed by atoms with Crippen molar-refractivity contribution in [3.63, 3.8) is 0 Å². The smallest absolute Gasteiger partial charge is 0.152 e. The summed E-state index contributed by atoms with van der Waals surface area (Å²) in [6.45, 7) is 1.49. The van der Waals surface area contributed by atoms with E-state index in [-0.39, 0.29) is 6.10 Å². The lowest BCUT2D eigenvalue weighted by molar-refractivity contribution is 0.154. The number of aromatic nitrogens is 1. The van der Waals surface area contributed by atoms with E-state index in [2.05, 4.69) is 4.98 Å². The second kappa shape index (κ2) is 3.94. The van der Waals surface area contributed by atoms with Gasteiger partial charge in [-0.3, -0.25) is 0 Å². The number of hydrogen-bond donors (Lipinski definition) is 3. The van der Waals surface area contributed by atoms with E-state index >= 15 is 0 Å². The van der Waals surface area contributed by atoms with Gasteiger partial charge in [-0.25, -0.2) is 4.98 Å². The van der Waals surface area contributed by atoms with Gasteiger partial charge in [-0.15, -0.1) is 0 Å². The van der Waals surface area contributed by atoms with E-state index in [0.717, 1.165) is 25.2 Å². The number of aliphatic hydroxyl groups is 1. The third-order valence-corrected chi connectivity index (χ3v) is 2.61. The molecule has 1 saturated heterocycles. The molecule has 0 spiro atoms. The summed E-state index contributed by atoms with van der Waals surface area (Å²) in [5.41, 5.74) is 12.5. The fourth-order valence-electron chi connectivity index (χ4n) is 1.90. The Labute approximate surface area is 88.7 Å². The van der Waals surface area contributed by atoms with Gasteiger partial charge in [0.2, 0.25) is 0 Å². The lowest BCUT2D eigenvalue weighted by Crippen LogP contribution is -2.39. The van der Waals surface area contributed by atoms with E-state index in [1.807, 2.05) is 4.90 Å². The fourth-order valence-corrected chi connectivity index (χ4v) is 1.90. The van der Waals surface area contributed by atoms with Crippen LogP contribution in [0.4, 0.5) is 17.2 Å². The van der Waals surface area contributed by atoms with Gasteiger partial charge in [0.25, 0.3) is 0 Å². The van der Waals surface area contributed by atoms with Crippen LogP contribution in [0, 0.1) is 0 Å². The zero-order chi connectivity index (χ0) is 10.8. The van der Waals surface area contributed by atoms with Crippen molar-refractivity contribution in [2.45, 2.75) is 18.9 Å². The van der Waals surface area contributed by atoms with Crippen molar-refractivity contribution in [1.82, 2.24) is 4.98 Å². The fraction of sp³-hybridized carbons (Fsp3) is 0.500. The molecule has 0 bridgehead atoms. The van der Waals surface area contributed by atoms with E-state index < -0.39 is 0 Å². The number of hydrogen-bond acceptors (Lipinski definition) is 5. The predicted molar refractivity (Wildman–Crippen MR) is 60.5 cm³/mol. The molecule has 1 unspecified atom stereocenters. The highest BCUT2D eigenvalue weighted by atomic mass is 16.3. The third kappa shape index (κ3) is 2.12. The highest BCUT2D eigenvalue weighted by Gasteiger charge is 2.20. The summed E-state index contributed by atoms with van der Waals surface area (Å²) in [6.07, 6.45) is 3.13. The molecule has 1 aliphatic rings. The molecule has 82 valence electrons. The van der Waals surface area contributed by atoms with Gasteiger partial charge in [-0.05, 0) is 18.9 Å². The number of nitrogens with zero attached hydrogens (tertiary/aromatic N) is 2. The van der Waals surface area contributed by atoms with E-state index in [0.29, 0.717) is 17.9 Å². The Hall–Kier alpha value is -1.49. The van der Waals surface area contributed by atoms with E-state index in [9.17, 15) is 5.11 Å². The predicted octanol–water partition coefficient (Wildman–Crippen LogP) is 0.207. The molecule has 2 heterocycles. The summed E-state index contributed by atoms with van der Waals surface area (Å²) in [4.78, 5) is 6.20. The minimum absolute atomic E-state index is 0.280. The Morgan fingerprint density at radius 2 is 2.27 bits per heavy atom. The topological polar surface area (TPSA) is 88.4 Å². The monoisotopic (exact) mass is 208 g/mol. The molecule has 0 aliphatic carbocycles. The SMILES string of the molecule is Nc1cnc(N2CCCC(O)C2)c(N)c1. The maximum absolute atomic E-state index is 9.55. The number of β-amino-alcohol motifs (C(OH)–C–C–N with tert-alkyl or cyclic N) is 1. The molecule has 5 nitrogen and oxygen atoms in total. The molecule has 1 aromatic rings. The minimum Gasteiger partial charge on any atom is -0.397 e. The Morgan fingerprint density at radius 3 is 2.93 bits per heavy atom. The second-order valence-electron chi connectivity index (χ2n) is 3.92. The molecule has 0 aromatic carbocycles. The van der Waals surface area contributed by atoms with Gasteiger partial charge in [0.15, 0.2) is 5.82 Å². The average Bonchev–Trinajstić information content (AvgIpc) is 2.17. The highest BCUT2D eigenvalue weighted by Crippen LogP contribution is 2.25. The van der Waals surface area contributed by atoms with Gasteiger partial charge >= 0.3 is 0 Å². The zero-order valence-corrected chi connectivity index (χ0v) is 8.56. The minimum atomic E-state index is -0.280.